The quantitative estimate of drug-likeness (QED) is 0.641. The van der Waals surface area contributed by atoms with E-state index in [4.69, 9.17) is 14.2 Å². The molecule has 1 N–H and O–H groups in total. The lowest BCUT2D eigenvalue weighted by atomic mass is 10.0. The van der Waals surface area contributed by atoms with Crippen molar-refractivity contribution >= 4 is 17.8 Å². The first-order valence-corrected chi connectivity index (χ1v) is 9.52. The van der Waals surface area contributed by atoms with Crippen molar-refractivity contribution < 1.29 is 28.6 Å². The minimum atomic E-state index is -0.354. The van der Waals surface area contributed by atoms with Gasteiger partial charge in [-0.1, -0.05) is 12.1 Å². The molecular weight excluding hydrogens is 364 g/mol. The van der Waals surface area contributed by atoms with Crippen molar-refractivity contribution in [3.05, 3.63) is 24.3 Å². The van der Waals surface area contributed by atoms with Crippen LogP contribution in [-0.4, -0.2) is 62.1 Å². The Kier molecular flexibility index (Phi) is 8.58. The zero-order valence-electron chi connectivity index (χ0n) is 16.4. The third-order valence-corrected chi connectivity index (χ3v) is 4.49. The number of benzene rings is 1. The predicted molar refractivity (Wildman–Crippen MR) is 102 cm³/mol. The average Bonchev–Trinajstić information content (AvgIpc) is 2.71. The number of nitrogens with one attached hydrogen (secondary N) is 1. The Morgan fingerprint density at radius 1 is 1.11 bits per heavy atom. The SMILES string of the molecule is CCOC(=O)CCC(=O)N1CCC(NC(=O)COc2ccccc2OC)CC1. The fourth-order valence-corrected chi connectivity index (χ4v) is 3.02. The van der Waals surface area contributed by atoms with E-state index in [-0.39, 0.29) is 43.3 Å². The van der Waals surface area contributed by atoms with Crippen molar-refractivity contribution in [2.45, 2.75) is 38.6 Å². The van der Waals surface area contributed by atoms with Gasteiger partial charge in [-0.2, -0.15) is 0 Å². The van der Waals surface area contributed by atoms with E-state index in [1.165, 1.54) is 0 Å². The van der Waals surface area contributed by atoms with Crippen LogP contribution in [0.15, 0.2) is 24.3 Å². The normalized spacial score (nSPS) is 14.3. The number of para-hydroxylation sites is 2. The summed E-state index contributed by atoms with van der Waals surface area (Å²) in [6.45, 7) is 3.07. The maximum Gasteiger partial charge on any atom is 0.306 e. The molecule has 0 aromatic heterocycles. The molecule has 1 aliphatic rings. The van der Waals surface area contributed by atoms with Crippen molar-refractivity contribution in [1.29, 1.82) is 0 Å². The van der Waals surface area contributed by atoms with Crippen LogP contribution in [0.25, 0.3) is 0 Å². The Morgan fingerprint density at radius 3 is 2.43 bits per heavy atom. The second kappa shape index (κ2) is 11.2. The lowest BCUT2D eigenvalue weighted by molar-refractivity contribution is -0.146. The highest BCUT2D eigenvalue weighted by Crippen LogP contribution is 2.25. The number of esters is 1. The molecule has 0 unspecified atom stereocenters. The molecule has 0 saturated carbocycles. The van der Waals surface area contributed by atoms with Gasteiger partial charge in [0.05, 0.1) is 20.1 Å². The lowest BCUT2D eigenvalue weighted by Crippen LogP contribution is -2.47. The zero-order chi connectivity index (χ0) is 20.4. The number of hydrogen-bond donors (Lipinski definition) is 1. The molecule has 1 aromatic carbocycles. The number of carbonyl (C=O) groups excluding carboxylic acids is 3. The summed E-state index contributed by atoms with van der Waals surface area (Å²) in [5.41, 5.74) is 0. The number of methoxy groups -OCH3 is 1. The van der Waals surface area contributed by atoms with Gasteiger partial charge in [0.25, 0.3) is 5.91 Å². The van der Waals surface area contributed by atoms with Crippen LogP contribution in [-0.2, 0) is 19.1 Å². The van der Waals surface area contributed by atoms with Crippen molar-refractivity contribution in [3.63, 3.8) is 0 Å². The molecule has 0 radical (unpaired) electrons. The van der Waals surface area contributed by atoms with Crippen LogP contribution < -0.4 is 14.8 Å². The van der Waals surface area contributed by atoms with E-state index in [9.17, 15) is 14.4 Å². The van der Waals surface area contributed by atoms with Gasteiger partial charge in [0.1, 0.15) is 0 Å². The third kappa shape index (κ3) is 6.75. The first-order chi connectivity index (χ1) is 13.5. The van der Waals surface area contributed by atoms with Gasteiger partial charge in [-0.25, -0.2) is 0 Å². The van der Waals surface area contributed by atoms with Crippen molar-refractivity contribution in [2.75, 3.05) is 33.4 Å². The third-order valence-electron chi connectivity index (χ3n) is 4.49. The lowest BCUT2D eigenvalue weighted by Gasteiger charge is -2.32. The summed E-state index contributed by atoms with van der Waals surface area (Å²) >= 11 is 0. The molecule has 0 atom stereocenters. The largest absolute Gasteiger partial charge is 0.493 e. The van der Waals surface area contributed by atoms with Gasteiger partial charge in [0.15, 0.2) is 18.1 Å². The van der Waals surface area contributed by atoms with E-state index in [1.807, 2.05) is 12.1 Å². The van der Waals surface area contributed by atoms with Gasteiger partial charge in [-0.05, 0) is 31.9 Å². The van der Waals surface area contributed by atoms with Gasteiger partial charge in [-0.3, -0.25) is 14.4 Å². The molecule has 154 valence electrons. The number of likely N-dealkylation sites (tertiary alicyclic amines) is 1. The molecule has 1 heterocycles. The van der Waals surface area contributed by atoms with Crippen LogP contribution in [0.1, 0.15) is 32.6 Å². The molecule has 2 rings (SSSR count). The van der Waals surface area contributed by atoms with Crippen LogP contribution in [0.4, 0.5) is 0 Å². The summed E-state index contributed by atoms with van der Waals surface area (Å²) in [5, 5.41) is 2.94. The molecule has 8 heteroatoms. The molecule has 0 aliphatic carbocycles. The molecule has 0 spiro atoms. The molecule has 1 aromatic rings. The number of rotatable bonds is 9. The molecule has 8 nitrogen and oxygen atoms in total. The summed E-state index contributed by atoms with van der Waals surface area (Å²) in [5.74, 6) is 0.468. The smallest absolute Gasteiger partial charge is 0.306 e. The first-order valence-electron chi connectivity index (χ1n) is 9.52. The van der Waals surface area contributed by atoms with E-state index in [2.05, 4.69) is 5.32 Å². The van der Waals surface area contributed by atoms with Crippen molar-refractivity contribution in [2.24, 2.45) is 0 Å². The highest BCUT2D eigenvalue weighted by Gasteiger charge is 2.24. The van der Waals surface area contributed by atoms with E-state index in [0.717, 1.165) is 0 Å². The summed E-state index contributed by atoms with van der Waals surface area (Å²) in [6.07, 6.45) is 1.60. The van der Waals surface area contributed by atoms with Crippen molar-refractivity contribution in [1.82, 2.24) is 10.2 Å². The van der Waals surface area contributed by atoms with Gasteiger partial charge in [0.2, 0.25) is 5.91 Å². The van der Waals surface area contributed by atoms with Crippen LogP contribution in [0.3, 0.4) is 0 Å². The van der Waals surface area contributed by atoms with Gasteiger partial charge in [-0.15, -0.1) is 0 Å². The Balaban J connectivity index is 1.68. The van der Waals surface area contributed by atoms with Gasteiger partial charge >= 0.3 is 5.97 Å². The number of ether oxygens (including phenoxy) is 3. The maximum atomic E-state index is 12.2. The molecule has 0 bridgehead atoms. The Bertz CT molecular complexity index is 670. The number of nitrogens with zero attached hydrogens (tertiary/aromatic N) is 1. The van der Waals surface area contributed by atoms with E-state index < -0.39 is 0 Å². The summed E-state index contributed by atoms with van der Waals surface area (Å²) in [7, 11) is 1.55. The zero-order valence-corrected chi connectivity index (χ0v) is 16.4. The Morgan fingerprint density at radius 2 is 1.79 bits per heavy atom. The highest BCUT2D eigenvalue weighted by atomic mass is 16.5. The Hall–Kier alpha value is -2.77. The average molecular weight is 392 g/mol. The minimum absolute atomic E-state index is 0.00266. The topological polar surface area (TPSA) is 94.2 Å². The first kappa shape index (κ1) is 21.5. The van der Waals surface area contributed by atoms with Gasteiger partial charge < -0.3 is 24.4 Å². The van der Waals surface area contributed by atoms with Crippen LogP contribution in [0, 0.1) is 0 Å². The Labute approximate surface area is 165 Å². The molecule has 28 heavy (non-hydrogen) atoms. The van der Waals surface area contributed by atoms with E-state index >= 15 is 0 Å². The van der Waals surface area contributed by atoms with E-state index in [1.54, 1.807) is 31.1 Å². The summed E-state index contributed by atoms with van der Waals surface area (Å²) < 4.78 is 15.5. The van der Waals surface area contributed by atoms with Gasteiger partial charge in [0, 0.05) is 25.6 Å². The van der Waals surface area contributed by atoms with Crippen LogP contribution >= 0.6 is 0 Å². The maximum absolute atomic E-state index is 12.2. The van der Waals surface area contributed by atoms with Crippen molar-refractivity contribution in [3.8, 4) is 11.5 Å². The number of hydrogen-bond acceptors (Lipinski definition) is 6. The van der Waals surface area contributed by atoms with Crippen LogP contribution in [0.5, 0.6) is 11.5 Å². The number of carbonyl (C=O) groups is 3. The predicted octanol–water partition coefficient (Wildman–Crippen LogP) is 1.52. The second-order valence-corrected chi connectivity index (χ2v) is 6.47. The second-order valence-electron chi connectivity index (χ2n) is 6.47. The number of piperidine rings is 1. The molecule has 1 saturated heterocycles. The fourth-order valence-electron chi connectivity index (χ4n) is 3.02. The summed E-state index contributed by atoms with van der Waals surface area (Å²) in [6, 6.07) is 7.15. The fraction of sp³-hybridized carbons (Fsp3) is 0.550. The molecule has 1 fully saturated rings. The highest BCUT2D eigenvalue weighted by molar-refractivity contribution is 5.81. The summed E-state index contributed by atoms with van der Waals surface area (Å²) in [4.78, 5) is 37.4. The minimum Gasteiger partial charge on any atom is -0.493 e. The van der Waals surface area contributed by atoms with Crippen LogP contribution in [0.2, 0.25) is 0 Å². The molecular formula is C20H28N2O6. The monoisotopic (exact) mass is 392 g/mol. The standard InChI is InChI=1S/C20H28N2O6/c1-3-27-20(25)9-8-19(24)22-12-10-15(11-13-22)21-18(23)14-28-17-7-5-4-6-16(17)26-2/h4-7,15H,3,8-14H2,1-2H3,(H,21,23). The molecule has 2 amide bonds. The number of amides is 2. The van der Waals surface area contributed by atoms with E-state index in [0.29, 0.717) is 44.0 Å². The molecule has 1 aliphatic heterocycles.